The molecule has 0 rings (SSSR count). The predicted molar refractivity (Wildman–Crippen MR) is 37.2 cm³/mol. The predicted octanol–water partition coefficient (Wildman–Crippen LogP) is 2.71. The average molecular weight is 229 g/mol. The van der Waals surface area contributed by atoms with Crippen LogP contribution < -0.4 is 0 Å². The lowest BCUT2D eigenvalue weighted by Crippen LogP contribution is -2.28. The number of hydrogen-bond acceptors (Lipinski definition) is 1. The van der Waals surface area contributed by atoms with Crippen LogP contribution in [-0.2, 0) is 4.74 Å². The highest BCUT2D eigenvalue weighted by molar-refractivity contribution is 6.44. The Balaban J connectivity index is 3.64. The van der Waals surface area contributed by atoms with Crippen molar-refractivity contribution in [3.63, 3.8) is 0 Å². The van der Waals surface area contributed by atoms with E-state index in [-0.39, 0.29) is 0 Å². The molecule has 74 valence electrons. The lowest BCUT2D eigenvalue weighted by molar-refractivity contribution is -0.125. The van der Waals surface area contributed by atoms with Crippen LogP contribution in [0.1, 0.15) is 0 Å². The Kier molecular flexibility index (Phi) is 5.96. The SMILES string of the molecule is FC(F)C(F)C(F)OCC(Cl)Cl. The first kappa shape index (κ1) is 12.3. The number of hydrogen-bond donors (Lipinski definition) is 0. The minimum atomic E-state index is -3.41. The Morgan fingerprint density at radius 1 is 1.08 bits per heavy atom. The molecular weight excluding hydrogens is 223 g/mol. The Morgan fingerprint density at radius 3 is 1.92 bits per heavy atom. The van der Waals surface area contributed by atoms with Crippen molar-refractivity contribution in [2.75, 3.05) is 6.61 Å². The van der Waals surface area contributed by atoms with Crippen molar-refractivity contribution in [3.8, 4) is 0 Å². The summed E-state index contributed by atoms with van der Waals surface area (Å²) < 4.78 is 51.1. The summed E-state index contributed by atoms with van der Waals surface area (Å²) in [5.41, 5.74) is 0. The van der Waals surface area contributed by atoms with Gasteiger partial charge in [-0.15, -0.1) is 23.2 Å². The van der Waals surface area contributed by atoms with Crippen LogP contribution in [0, 0.1) is 0 Å². The minimum absolute atomic E-state index is 0.530. The molecular formula is C5H6Cl2F4O. The quantitative estimate of drug-likeness (QED) is 0.520. The molecule has 0 spiro atoms. The van der Waals surface area contributed by atoms with E-state index in [0.29, 0.717) is 0 Å². The van der Waals surface area contributed by atoms with Crippen LogP contribution in [0.3, 0.4) is 0 Å². The van der Waals surface area contributed by atoms with Crippen LogP contribution >= 0.6 is 23.2 Å². The monoisotopic (exact) mass is 228 g/mol. The molecule has 1 nitrogen and oxygen atoms in total. The Bertz CT molecular complexity index is 124. The molecule has 0 bridgehead atoms. The second-order valence-electron chi connectivity index (χ2n) is 1.85. The molecule has 0 aromatic carbocycles. The lowest BCUT2D eigenvalue weighted by Gasteiger charge is -2.13. The highest BCUT2D eigenvalue weighted by Crippen LogP contribution is 2.15. The number of alkyl halides is 6. The van der Waals surface area contributed by atoms with Crippen LogP contribution in [0.5, 0.6) is 0 Å². The molecule has 0 aromatic heterocycles. The summed E-state index contributed by atoms with van der Waals surface area (Å²) in [6.45, 7) is -0.530. The van der Waals surface area contributed by atoms with Crippen molar-refractivity contribution in [3.05, 3.63) is 0 Å². The summed E-state index contributed by atoms with van der Waals surface area (Å²) in [5, 5.41) is 0. The maximum Gasteiger partial charge on any atom is 0.274 e. The molecule has 7 heteroatoms. The van der Waals surface area contributed by atoms with Crippen molar-refractivity contribution in [1.29, 1.82) is 0 Å². The zero-order chi connectivity index (χ0) is 9.72. The summed E-state index contributed by atoms with van der Waals surface area (Å²) in [7, 11) is 0. The normalized spacial score (nSPS) is 17.0. The van der Waals surface area contributed by atoms with Crippen LogP contribution in [0.2, 0.25) is 0 Å². The van der Waals surface area contributed by atoms with E-state index in [2.05, 4.69) is 4.74 Å². The van der Waals surface area contributed by atoms with Gasteiger partial charge in [0.25, 0.3) is 6.43 Å². The molecule has 0 amide bonds. The highest BCUT2D eigenvalue weighted by Gasteiger charge is 2.30. The van der Waals surface area contributed by atoms with Crippen molar-refractivity contribution in [2.45, 2.75) is 23.8 Å². The Hall–Kier alpha value is 0.260. The maximum atomic E-state index is 12.2. The first-order chi connectivity index (χ1) is 5.45. The second kappa shape index (κ2) is 5.83. The molecule has 0 heterocycles. The van der Waals surface area contributed by atoms with Crippen molar-refractivity contribution in [1.82, 2.24) is 0 Å². The van der Waals surface area contributed by atoms with E-state index in [9.17, 15) is 17.6 Å². The molecule has 0 fully saturated rings. The first-order valence-corrected chi connectivity index (χ1v) is 3.78. The summed E-state index contributed by atoms with van der Waals surface area (Å²) >= 11 is 10.1. The Labute approximate surface area is 76.6 Å². The fraction of sp³-hybridized carbons (Fsp3) is 1.00. The zero-order valence-corrected chi connectivity index (χ0v) is 7.20. The topological polar surface area (TPSA) is 9.23 Å². The number of halogens is 6. The molecule has 0 aliphatic carbocycles. The third-order valence-corrected chi connectivity index (χ3v) is 1.12. The van der Waals surface area contributed by atoms with E-state index in [1.165, 1.54) is 0 Å². The van der Waals surface area contributed by atoms with Crippen molar-refractivity contribution >= 4 is 23.2 Å². The van der Waals surface area contributed by atoms with Crippen molar-refractivity contribution < 1.29 is 22.3 Å². The second-order valence-corrected chi connectivity index (χ2v) is 3.13. The molecule has 12 heavy (non-hydrogen) atoms. The fourth-order valence-electron chi connectivity index (χ4n) is 0.371. The highest BCUT2D eigenvalue weighted by atomic mass is 35.5. The maximum absolute atomic E-state index is 12.2. The minimum Gasteiger partial charge on any atom is -0.343 e. The molecule has 0 radical (unpaired) electrons. The third kappa shape index (κ3) is 5.00. The third-order valence-electron chi connectivity index (χ3n) is 0.873. The van der Waals surface area contributed by atoms with Crippen LogP contribution in [-0.4, -0.2) is 30.4 Å². The van der Waals surface area contributed by atoms with E-state index in [1.54, 1.807) is 0 Å². The van der Waals surface area contributed by atoms with Gasteiger partial charge in [0.15, 0.2) is 0 Å². The summed E-state index contributed by atoms with van der Waals surface area (Å²) in [4.78, 5) is -1.06. The average Bonchev–Trinajstić information content (AvgIpc) is 1.98. The lowest BCUT2D eigenvalue weighted by atomic mass is 10.4. The van der Waals surface area contributed by atoms with Gasteiger partial charge in [0, 0.05) is 0 Å². The van der Waals surface area contributed by atoms with Gasteiger partial charge >= 0.3 is 0 Å². The molecule has 2 unspecified atom stereocenters. The fourth-order valence-corrected chi connectivity index (χ4v) is 0.516. The molecule has 0 aliphatic rings. The van der Waals surface area contributed by atoms with E-state index in [4.69, 9.17) is 23.2 Å². The van der Waals surface area contributed by atoms with Gasteiger partial charge in [-0.1, -0.05) is 0 Å². The summed E-state index contributed by atoms with van der Waals surface area (Å²) in [6, 6.07) is 0. The largest absolute Gasteiger partial charge is 0.343 e. The number of ether oxygens (including phenoxy) is 1. The van der Waals surface area contributed by atoms with Crippen LogP contribution in [0.15, 0.2) is 0 Å². The molecule has 0 saturated carbocycles. The van der Waals surface area contributed by atoms with E-state index in [0.717, 1.165) is 0 Å². The summed E-state index contributed by atoms with van der Waals surface area (Å²) in [5.74, 6) is 0. The van der Waals surface area contributed by atoms with Crippen LogP contribution in [0.4, 0.5) is 17.6 Å². The van der Waals surface area contributed by atoms with Gasteiger partial charge in [0.2, 0.25) is 12.5 Å². The zero-order valence-electron chi connectivity index (χ0n) is 5.69. The van der Waals surface area contributed by atoms with Gasteiger partial charge in [-0.3, -0.25) is 0 Å². The van der Waals surface area contributed by atoms with Crippen molar-refractivity contribution in [2.24, 2.45) is 0 Å². The molecule has 0 N–H and O–H groups in total. The smallest absolute Gasteiger partial charge is 0.274 e. The first-order valence-electron chi connectivity index (χ1n) is 2.91. The van der Waals surface area contributed by atoms with Gasteiger partial charge in [-0.25, -0.2) is 17.6 Å². The van der Waals surface area contributed by atoms with Gasteiger partial charge < -0.3 is 4.74 Å². The molecule has 0 aliphatic heterocycles. The van der Waals surface area contributed by atoms with Gasteiger partial charge in [0.1, 0.15) is 4.84 Å². The van der Waals surface area contributed by atoms with Gasteiger partial charge in [-0.05, 0) is 0 Å². The standard InChI is InChI=1S/C5H6Cl2F4O/c6-2(7)1-12-5(11)3(8)4(9)10/h2-5H,1H2. The number of rotatable bonds is 5. The summed E-state index contributed by atoms with van der Waals surface area (Å²) in [6.07, 6.45) is -9.06. The molecule has 0 aromatic rings. The van der Waals surface area contributed by atoms with Crippen LogP contribution in [0.25, 0.3) is 0 Å². The van der Waals surface area contributed by atoms with E-state index < -0.39 is 30.4 Å². The molecule has 2 atom stereocenters. The van der Waals surface area contributed by atoms with E-state index in [1.807, 2.05) is 0 Å². The Morgan fingerprint density at radius 2 is 1.58 bits per heavy atom. The van der Waals surface area contributed by atoms with Gasteiger partial charge in [-0.2, -0.15) is 0 Å². The molecule has 0 saturated heterocycles. The van der Waals surface area contributed by atoms with Gasteiger partial charge in [0.05, 0.1) is 6.61 Å². The van der Waals surface area contributed by atoms with E-state index >= 15 is 0 Å².